The topological polar surface area (TPSA) is 68.2 Å². The van der Waals surface area contributed by atoms with Crippen LogP contribution in [-0.2, 0) is 6.54 Å². The number of nitrogens with zero attached hydrogens (tertiary/aromatic N) is 4. The number of hydrogen-bond donors (Lipinski definition) is 0. The van der Waals surface area contributed by atoms with Crippen LogP contribution in [0.4, 0.5) is 5.82 Å². The summed E-state index contributed by atoms with van der Waals surface area (Å²) in [5.74, 6) is 3.04. The molecule has 6 heteroatoms. The molecule has 0 N–H and O–H groups in total. The summed E-state index contributed by atoms with van der Waals surface area (Å²) >= 11 is 0. The third-order valence-corrected chi connectivity index (χ3v) is 3.26. The van der Waals surface area contributed by atoms with Gasteiger partial charge in [0.1, 0.15) is 17.3 Å². The van der Waals surface area contributed by atoms with Crippen LogP contribution in [0, 0.1) is 13.8 Å². The normalized spacial score (nSPS) is 10.8. The highest BCUT2D eigenvalue weighted by Gasteiger charge is 2.15. The number of rotatable bonds is 4. The second-order valence-corrected chi connectivity index (χ2v) is 4.87. The SMILES string of the molecule is Cc1noc(C)c1-c1nccc(N(C)Cc2ccco2)n1. The minimum absolute atomic E-state index is 0.620. The Hall–Kier alpha value is -2.63. The van der Waals surface area contributed by atoms with Crippen LogP contribution in [0.5, 0.6) is 0 Å². The molecule has 0 fully saturated rings. The Kier molecular flexibility index (Phi) is 3.43. The molecule has 0 aliphatic rings. The van der Waals surface area contributed by atoms with Crippen molar-refractivity contribution in [3.05, 3.63) is 47.9 Å². The lowest BCUT2D eigenvalue weighted by atomic mass is 10.2. The zero-order valence-corrected chi connectivity index (χ0v) is 12.2. The summed E-state index contributed by atoms with van der Waals surface area (Å²) in [6.45, 7) is 4.39. The van der Waals surface area contributed by atoms with Crippen molar-refractivity contribution in [3.8, 4) is 11.4 Å². The molecule has 0 radical (unpaired) electrons. The van der Waals surface area contributed by atoms with Crippen LogP contribution in [0.2, 0.25) is 0 Å². The minimum atomic E-state index is 0.620. The van der Waals surface area contributed by atoms with Crippen molar-refractivity contribution < 1.29 is 8.94 Å². The highest BCUT2D eigenvalue weighted by atomic mass is 16.5. The van der Waals surface area contributed by atoms with Crippen LogP contribution in [0.25, 0.3) is 11.4 Å². The Morgan fingerprint density at radius 2 is 2.10 bits per heavy atom. The van der Waals surface area contributed by atoms with Gasteiger partial charge in [-0.15, -0.1) is 0 Å². The van der Waals surface area contributed by atoms with Crippen molar-refractivity contribution >= 4 is 5.82 Å². The van der Waals surface area contributed by atoms with Crippen LogP contribution in [0.1, 0.15) is 17.2 Å². The van der Waals surface area contributed by atoms with Crippen LogP contribution >= 0.6 is 0 Å². The first-order valence-electron chi connectivity index (χ1n) is 6.65. The predicted octanol–water partition coefficient (Wildman–Crippen LogP) is 2.98. The fraction of sp³-hybridized carbons (Fsp3) is 0.267. The standard InChI is InChI=1S/C15H16N4O2/c1-10-14(11(2)21-18-10)15-16-7-6-13(17-15)19(3)9-12-5-4-8-20-12/h4-8H,9H2,1-3H3. The molecule has 3 aromatic heterocycles. The number of aryl methyl sites for hydroxylation is 2. The van der Waals surface area contributed by atoms with Gasteiger partial charge in [-0.05, 0) is 32.0 Å². The van der Waals surface area contributed by atoms with Gasteiger partial charge < -0.3 is 13.8 Å². The fourth-order valence-electron chi connectivity index (χ4n) is 2.20. The minimum Gasteiger partial charge on any atom is -0.467 e. The molecular weight excluding hydrogens is 268 g/mol. The monoisotopic (exact) mass is 284 g/mol. The molecule has 108 valence electrons. The van der Waals surface area contributed by atoms with E-state index in [1.807, 2.05) is 44.0 Å². The van der Waals surface area contributed by atoms with Gasteiger partial charge in [-0.25, -0.2) is 9.97 Å². The summed E-state index contributed by atoms with van der Waals surface area (Å²) in [7, 11) is 1.96. The molecule has 0 aliphatic carbocycles. The van der Waals surface area contributed by atoms with E-state index in [9.17, 15) is 0 Å². The summed E-state index contributed by atoms with van der Waals surface area (Å²) in [6, 6.07) is 5.68. The highest BCUT2D eigenvalue weighted by Crippen LogP contribution is 2.25. The maximum Gasteiger partial charge on any atom is 0.166 e. The van der Waals surface area contributed by atoms with Gasteiger partial charge in [0, 0.05) is 13.2 Å². The van der Waals surface area contributed by atoms with Crippen LogP contribution < -0.4 is 4.90 Å². The lowest BCUT2D eigenvalue weighted by Crippen LogP contribution is -2.17. The van der Waals surface area contributed by atoms with E-state index in [2.05, 4.69) is 15.1 Å². The molecule has 0 unspecified atom stereocenters. The lowest BCUT2D eigenvalue weighted by molar-refractivity contribution is 0.393. The van der Waals surface area contributed by atoms with Gasteiger partial charge in [-0.2, -0.15) is 0 Å². The molecule has 21 heavy (non-hydrogen) atoms. The van der Waals surface area contributed by atoms with Crippen molar-refractivity contribution in [2.75, 3.05) is 11.9 Å². The predicted molar refractivity (Wildman–Crippen MR) is 77.8 cm³/mol. The van der Waals surface area contributed by atoms with E-state index >= 15 is 0 Å². The molecule has 0 aromatic carbocycles. The largest absolute Gasteiger partial charge is 0.467 e. The summed E-state index contributed by atoms with van der Waals surface area (Å²) < 4.78 is 10.5. The molecule has 0 aliphatic heterocycles. The van der Waals surface area contributed by atoms with E-state index in [0.717, 1.165) is 28.6 Å². The first kappa shape index (κ1) is 13.4. The highest BCUT2D eigenvalue weighted by molar-refractivity contribution is 5.61. The second-order valence-electron chi connectivity index (χ2n) is 4.87. The van der Waals surface area contributed by atoms with Gasteiger partial charge >= 0.3 is 0 Å². The average molecular weight is 284 g/mol. The van der Waals surface area contributed by atoms with E-state index in [4.69, 9.17) is 8.94 Å². The lowest BCUT2D eigenvalue weighted by Gasteiger charge is -2.16. The number of anilines is 1. The Bertz CT molecular complexity index is 714. The van der Waals surface area contributed by atoms with Gasteiger partial charge in [0.2, 0.25) is 0 Å². The third kappa shape index (κ3) is 2.65. The summed E-state index contributed by atoms with van der Waals surface area (Å²) in [6.07, 6.45) is 3.40. The van der Waals surface area contributed by atoms with E-state index in [0.29, 0.717) is 12.4 Å². The average Bonchev–Trinajstić information content (AvgIpc) is 3.09. The van der Waals surface area contributed by atoms with Crippen molar-refractivity contribution in [1.29, 1.82) is 0 Å². The molecule has 3 rings (SSSR count). The zero-order valence-electron chi connectivity index (χ0n) is 12.2. The Labute approximate surface area is 122 Å². The number of hydrogen-bond acceptors (Lipinski definition) is 6. The van der Waals surface area contributed by atoms with Crippen molar-refractivity contribution in [1.82, 2.24) is 15.1 Å². The third-order valence-electron chi connectivity index (χ3n) is 3.26. The van der Waals surface area contributed by atoms with Gasteiger partial charge in [0.05, 0.1) is 24.1 Å². The Morgan fingerprint density at radius 1 is 1.24 bits per heavy atom. The van der Waals surface area contributed by atoms with E-state index in [-0.39, 0.29) is 0 Å². The van der Waals surface area contributed by atoms with Gasteiger partial charge in [-0.1, -0.05) is 5.16 Å². The van der Waals surface area contributed by atoms with Crippen LogP contribution in [-0.4, -0.2) is 22.2 Å². The zero-order chi connectivity index (χ0) is 14.8. The van der Waals surface area contributed by atoms with Gasteiger partial charge in [0.25, 0.3) is 0 Å². The molecule has 0 spiro atoms. The fourth-order valence-corrected chi connectivity index (χ4v) is 2.20. The Morgan fingerprint density at radius 3 is 2.76 bits per heavy atom. The van der Waals surface area contributed by atoms with E-state index in [1.54, 1.807) is 12.5 Å². The van der Waals surface area contributed by atoms with E-state index < -0.39 is 0 Å². The number of furan rings is 1. The molecule has 0 saturated carbocycles. The summed E-state index contributed by atoms with van der Waals surface area (Å²) in [5, 5.41) is 3.94. The molecule has 0 atom stereocenters. The molecule has 0 bridgehead atoms. The second kappa shape index (κ2) is 5.40. The van der Waals surface area contributed by atoms with Gasteiger partial charge in [0.15, 0.2) is 5.82 Å². The van der Waals surface area contributed by atoms with Crippen LogP contribution in [0.3, 0.4) is 0 Å². The molecular formula is C15H16N4O2. The van der Waals surface area contributed by atoms with E-state index in [1.165, 1.54) is 0 Å². The maximum atomic E-state index is 5.36. The van der Waals surface area contributed by atoms with Crippen molar-refractivity contribution in [3.63, 3.8) is 0 Å². The Balaban J connectivity index is 1.90. The molecule has 6 nitrogen and oxygen atoms in total. The summed E-state index contributed by atoms with van der Waals surface area (Å²) in [4.78, 5) is 10.9. The summed E-state index contributed by atoms with van der Waals surface area (Å²) in [5.41, 5.74) is 1.64. The first-order chi connectivity index (χ1) is 10.1. The van der Waals surface area contributed by atoms with Gasteiger partial charge in [-0.3, -0.25) is 0 Å². The smallest absolute Gasteiger partial charge is 0.166 e. The van der Waals surface area contributed by atoms with Crippen molar-refractivity contribution in [2.24, 2.45) is 0 Å². The molecule has 3 aromatic rings. The molecule has 0 amide bonds. The maximum absolute atomic E-state index is 5.36. The number of aromatic nitrogens is 3. The molecule has 3 heterocycles. The quantitative estimate of drug-likeness (QED) is 0.733. The molecule has 0 saturated heterocycles. The van der Waals surface area contributed by atoms with Crippen LogP contribution in [0.15, 0.2) is 39.6 Å². The van der Waals surface area contributed by atoms with Crippen molar-refractivity contribution in [2.45, 2.75) is 20.4 Å². The first-order valence-corrected chi connectivity index (χ1v) is 6.65.